The predicted molar refractivity (Wildman–Crippen MR) is 119 cm³/mol. The van der Waals surface area contributed by atoms with Gasteiger partial charge in [-0.15, -0.1) is 0 Å². The zero-order chi connectivity index (χ0) is 22.4. The van der Waals surface area contributed by atoms with Crippen molar-refractivity contribution in [2.24, 2.45) is 0 Å². The second-order valence-corrected chi connectivity index (χ2v) is 9.68. The summed E-state index contributed by atoms with van der Waals surface area (Å²) in [5, 5.41) is 3.08. The number of sulfonamides is 1. The number of likely N-dealkylation sites (tertiary alicyclic amines) is 1. The molecule has 2 aromatic rings. The Hall–Kier alpha value is -2.71. The molecule has 8 heteroatoms. The Balaban J connectivity index is 1.45. The van der Waals surface area contributed by atoms with E-state index in [-0.39, 0.29) is 22.8 Å². The highest BCUT2D eigenvalue weighted by Crippen LogP contribution is 2.16. The summed E-state index contributed by atoms with van der Waals surface area (Å²) in [6.45, 7) is 3.16. The maximum atomic E-state index is 12.6. The largest absolute Gasteiger partial charge is 0.349 e. The Morgan fingerprint density at radius 2 is 1.68 bits per heavy atom. The third kappa shape index (κ3) is 5.92. The molecule has 0 aromatic heterocycles. The number of nitrogens with one attached hydrogen (secondary N) is 2. The standard InChI is InChI=1S/C23H29N3O4S/c1-17-5-3-4-6-21(17)23(28)25-19-13-15-26(16-14-19)22(27)12-9-18-7-10-20(11-8-18)31(29,30)24-2/h3-8,10-11,19,24H,9,12-16H2,1-2H3,(H,25,28). The van der Waals surface area contributed by atoms with Gasteiger partial charge in [-0.3, -0.25) is 9.59 Å². The third-order valence-electron chi connectivity index (χ3n) is 5.70. The molecule has 0 atom stereocenters. The van der Waals surface area contributed by atoms with Crippen LogP contribution in [-0.2, 0) is 21.2 Å². The minimum absolute atomic E-state index is 0.0633. The number of carbonyl (C=O) groups excluding carboxylic acids is 2. The van der Waals surface area contributed by atoms with E-state index in [9.17, 15) is 18.0 Å². The monoisotopic (exact) mass is 443 g/mol. The van der Waals surface area contributed by atoms with Gasteiger partial charge >= 0.3 is 0 Å². The number of hydrogen-bond donors (Lipinski definition) is 2. The Bertz CT molecular complexity index is 1030. The smallest absolute Gasteiger partial charge is 0.251 e. The molecule has 1 fully saturated rings. The highest BCUT2D eigenvalue weighted by molar-refractivity contribution is 7.89. The molecule has 166 valence electrons. The number of nitrogens with zero attached hydrogens (tertiary/aromatic N) is 1. The summed E-state index contributed by atoms with van der Waals surface area (Å²) in [6.07, 6.45) is 2.40. The summed E-state index contributed by atoms with van der Waals surface area (Å²) < 4.78 is 25.8. The van der Waals surface area contributed by atoms with Crippen molar-refractivity contribution < 1.29 is 18.0 Å². The van der Waals surface area contributed by atoms with Crippen LogP contribution < -0.4 is 10.0 Å². The van der Waals surface area contributed by atoms with Crippen LogP contribution >= 0.6 is 0 Å². The molecule has 0 spiro atoms. The first-order valence-corrected chi connectivity index (χ1v) is 12.0. The number of benzene rings is 2. The molecule has 1 aliphatic heterocycles. The van der Waals surface area contributed by atoms with Crippen molar-refractivity contribution in [2.45, 2.75) is 43.5 Å². The molecular weight excluding hydrogens is 414 g/mol. The van der Waals surface area contributed by atoms with Crippen molar-refractivity contribution >= 4 is 21.8 Å². The summed E-state index contributed by atoms with van der Waals surface area (Å²) in [6, 6.07) is 14.2. The van der Waals surface area contributed by atoms with Gasteiger partial charge in [0.1, 0.15) is 0 Å². The van der Waals surface area contributed by atoms with E-state index in [4.69, 9.17) is 0 Å². The molecule has 2 aromatic carbocycles. The lowest BCUT2D eigenvalue weighted by Crippen LogP contribution is -2.46. The quantitative estimate of drug-likeness (QED) is 0.686. The van der Waals surface area contributed by atoms with Gasteiger partial charge in [0.05, 0.1) is 4.90 Å². The van der Waals surface area contributed by atoms with Crippen LogP contribution in [0.5, 0.6) is 0 Å². The lowest BCUT2D eigenvalue weighted by molar-refractivity contribution is -0.132. The Morgan fingerprint density at radius 3 is 2.29 bits per heavy atom. The maximum Gasteiger partial charge on any atom is 0.251 e. The van der Waals surface area contributed by atoms with Gasteiger partial charge in [-0.1, -0.05) is 30.3 Å². The number of aryl methyl sites for hydroxylation is 2. The molecule has 7 nitrogen and oxygen atoms in total. The van der Waals surface area contributed by atoms with Gasteiger partial charge in [0.15, 0.2) is 0 Å². The highest BCUT2D eigenvalue weighted by Gasteiger charge is 2.24. The highest BCUT2D eigenvalue weighted by atomic mass is 32.2. The average Bonchev–Trinajstić information content (AvgIpc) is 2.78. The molecule has 0 unspecified atom stereocenters. The zero-order valence-electron chi connectivity index (χ0n) is 17.9. The lowest BCUT2D eigenvalue weighted by Gasteiger charge is -2.32. The minimum Gasteiger partial charge on any atom is -0.349 e. The lowest BCUT2D eigenvalue weighted by atomic mass is 10.0. The molecule has 0 saturated carbocycles. The van der Waals surface area contributed by atoms with Crippen LogP contribution in [0.15, 0.2) is 53.4 Å². The zero-order valence-corrected chi connectivity index (χ0v) is 18.7. The van der Waals surface area contributed by atoms with E-state index >= 15 is 0 Å². The van der Waals surface area contributed by atoms with Crippen molar-refractivity contribution in [3.63, 3.8) is 0 Å². The van der Waals surface area contributed by atoms with Crippen LogP contribution in [0.1, 0.15) is 40.7 Å². The number of hydrogen-bond acceptors (Lipinski definition) is 4. The maximum absolute atomic E-state index is 12.6. The van der Waals surface area contributed by atoms with E-state index < -0.39 is 10.0 Å². The second-order valence-electron chi connectivity index (χ2n) is 7.79. The van der Waals surface area contributed by atoms with E-state index in [1.807, 2.05) is 36.1 Å². The Kier molecular flexibility index (Phi) is 7.46. The fourth-order valence-electron chi connectivity index (χ4n) is 3.73. The molecule has 0 radical (unpaired) electrons. The van der Waals surface area contributed by atoms with Gasteiger partial charge < -0.3 is 10.2 Å². The van der Waals surface area contributed by atoms with Crippen molar-refractivity contribution in [1.29, 1.82) is 0 Å². The van der Waals surface area contributed by atoms with Gasteiger partial charge in [0.2, 0.25) is 15.9 Å². The van der Waals surface area contributed by atoms with Gasteiger partial charge in [-0.05, 0) is 62.6 Å². The van der Waals surface area contributed by atoms with Crippen molar-refractivity contribution in [1.82, 2.24) is 14.9 Å². The first-order chi connectivity index (χ1) is 14.8. The molecule has 1 heterocycles. The van der Waals surface area contributed by atoms with Crippen molar-refractivity contribution in [2.75, 3.05) is 20.1 Å². The third-order valence-corrected chi connectivity index (χ3v) is 7.13. The number of rotatable bonds is 7. The molecule has 31 heavy (non-hydrogen) atoms. The summed E-state index contributed by atoms with van der Waals surface area (Å²) in [7, 11) is -2.08. The normalized spacial score (nSPS) is 15.0. The van der Waals surface area contributed by atoms with E-state index in [1.165, 1.54) is 7.05 Å². The fourth-order valence-corrected chi connectivity index (χ4v) is 4.46. The van der Waals surface area contributed by atoms with Crippen LogP contribution in [0.3, 0.4) is 0 Å². The summed E-state index contributed by atoms with van der Waals surface area (Å²) in [4.78, 5) is 27.1. The van der Waals surface area contributed by atoms with Gasteiger partial charge in [0, 0.05) is 31.1 Å². The molecule has 3 rings (SSSR count). The summed E-state index contributed by atoms with van der Waals surface area (Å²) in [5.74, 6) is 0.0159. The van der Waals surface area contributed by atoms with Crippen LogP contribution in [0, 0.1) is 6.92 Å². The van der Waals surface area contributed by atoms with Gasteiger partial charge in [0.25, 0.3) is 5.91 Å². The Labute approximate surface area is 183 Å². The van der Waals surface area contributed by atoms with E-state index in [0.29, 0.717) is 31.5 Å². The minimum atomic E-state index is -3.45. The molecule has 2 N–H and O–H groups in total. The molecule has 2 amide bonds. The van der Waals surface area contributed by atoms with Crippen LogP contribution in [0.4, 0.5) is 0 Å². The van der Waals surface area contributed by atoms with Gasteiger partial charge in [-0.25, -0.2) is 13.1 Å². The van der Waals surface area contributed by atoms with E-state index in [2.05, 4.69) is 10.0 Å². The van der Waals surface area contributed by atoms with E-state index in [0.717, 1.165) is 24.0 Å². The van der Waals surface area contributed by atoms with Gasteiger partial charge in [-0.2, -0.15) is 0 Å². The molecule has 1 saturated heterocycles. The summed E-state index contributed by atoms with van der Waals surface area (Å²) >= 11 is 0. The molecule has 1 aliphatic rings. The van der Waals surface area contributed by atoms with Crippen LogP contribution in [0.25, 0.3) is 0 Å². The van der Waals surface area contributed by atoms with Crippen molar-refractivity contribution in [3.8, 4) is 0 Å². The molecule has 0 bridgehead atoms. The number of amides is 2. The first kappa shape index (κ1) is 23.0. The van der Waals surface area contributed by atoms with Crippen LogP contribution in [0.2, 0.25) is 0 Å². The van der Waals surface area contributed by atoms with Crippen LogP contribution in [-0.4, -0.2) is 51.3 Å². The number of carbonyl (C=O) groups is 2. The molecule has 0 aliphatic carbocycles. The fraction of sp³-hybridized carbons (Fsp3) is 0.391. The second kappa shape index (κ2) is 10.1. The predicted octanol–water partition coefficient (Wildman–Crippen LogP) is 2.26. The SMILES string of the molecule is CNS(=O)(=O)c1ccc(CCC(=O)N2CCC(NC(=O)c3ccccc3C)CC2)cc1. The molecular formula is C23H29N3O4S. The first-order valence-electron chi connectivity index (χ1n) is 10.5. The van der Waals surface area contributed by atoms with Crippen molar-refractivity contribution in [3.05, 3.63) is 65.2 Å². The van der Waals surface area contributed by atoms with E-state index in [1.54, 1.807) is 24.3 Å². The average molecular weight is 444 g/mol. The number of piperidine rings is 1. The topological polar surface area (TPSA) is 95.6 Å². The Morgan fingerprint density at radius 1 is 1.03 bits per heavy atom. The summed E-state index contributed by atoms with van der Waals surface area (Å²) in [5.41, 5.74) is 2.56.